The maximum atomic E-state index is 12.7. The molecule has 1 aliphatic heterocycles. The van der Waals surface area contributed by atoms with E-state index in [1.54, 1.807) is 11.2 Å². The Morgan fingerprint density at radius 3 is 2.59 bits per heavy atom. The lowest BCUT2D eigenvalue weighted by Crippen LogP contribution is -2.68. The van der Waals surface area contributed by atoms with Gasteiger partial charge in [0.1, 0.15) is 0 Å². The molecule has 0 radical (unpaired) electrons. The first-order valence-electron chi connectivity index (χ1n) is 15.6. The van der Waals surface area contributed by atoms with Gasteiger partial charge in [-0.25, -0.2) is 9.59 Å². The van der Waals surface area contributed by atoms with Crippen molar-refractivity contribution in [3.8, 4) is 0 Å². The van der Waals surface area contributed by atoms with Crippen LogP contribution >= 0.6 is 0 Å². The van der Waals surface area contributed by atoms with Crippen molar-refractivity contribution in [2.45, 2.75) is 94.8 Å². The van der Waals surface area contributed by atoms with Gasteiger partial charge < -0.3 is 35.5 Å². The number of carbonyl (C=O) groups is 2. The first kappa shape index (κ1) is 28.7. The molecule has 226 valence electrons. The van der Waals surface area contributed by atoms with E-state index in [1.165, 1.54) is 6.07 Å². The zero-order chi connectivity index (χ0) is 29.0. The Kier molecular flexibility index (Phi) is 7.26. The molecular formula is C31H46N4O6. The van der Waals surface area contributed by atoms with E-state index >= 15 is 0 Å². The lowest BCUT2D eigenvalue weighted by Gasteiger charge is -2.66. The highest BCUT2D eigenvalue weighted by Crippen LogP contribution is 2.71. The van der Waals surface area contributed by atoms with E-state index in [9.17, 15) is 24.6 Å². The first-order valence-corrected chi connectivity index (χ1v) is 15.6. The van der Waals surface area contributed by atoms with E-state index in [2.05, 4.69) is 29.8 Å². The van der Waals surface area contributed by atoms with Crippen LogP contribution in [0.2, 0.25) is 0 Å². The van der Waals surface area contributed by atoms with Crippen LogP contribution in [0.25, 0.3) is 0 Å². The number of nitrogens with zero attached hydrogens (tertiary/aromatic N) is 1. The van der Waals surface area contributed by atoms with Crippen LogP contribution in [-0.2, 0) is 4.79 Å². The third kappa shape index (κ3) is 4.61. The molecule has 5 fully saturated rings. The van der Waals surface area contributed by atoms with Crippen LogP contribution in [0.1, 0.15) is 83.1 Å². The molecule has 4 saturated carbocycles. The van der Waals surface area contributed by atoms with Crippen LogP contribution < -0.4 is 21.6 Å². The standard InChI is InChI=1S/C31H46N4O6/c1-28-9-5-21(34-27(38)33-14-16-35-15-13-32-18-25(35)36)17-30(28,39)11-7-24-23(28)6-10-29(2)22(8-12-31(24,29)40)20-3-4-26(37)41-19-20/h3-4,19,21-24,32,39-40H,5-18H2,1-2H3,(H2,33,34,38)/t21-,22+,23-,24+,28?,29?,30-,31-/m0/s1. The topological polar surface area (TPSA) is 144 Å². The van der Waals surface area contributed by atoms with Gasteiger partial charge in [-0.15, -0.1) is 0 Å². The average molecular weight is 571 g/mol. The maximum absolute atomic E-state index is 12.7. The molecule has 1 saturated heterocycles. The van der Waals surface area contributed by atoms with Gasteiger partial charge in [0, 0.05) is 43.7 Å². The number of urea groups is 1. The fourth-order valence-electron chi connectivity index (χ4n) is 9.87. The average Bonchev–Trinajstić information content (AvgIpc) is 3.22. The molecule has 4 aliphatic carbocycles. The summed E-state index contributed by atoms with van der Waals surface area (Å²) in [6.07, 6.45) is 8.41. The molecule has 5 N–H and O–H groups in total. The zero-order valence-corrected chi connectivity index (χ0v) is 24.4. The SMILES string of the molecule is CC12CC[C@H](NC(=O)NCCN3CCNCC3=O)C[C@@]1(O)CC[C@@H]1[C@@H]2CCC2(C)[C@@H](c3ccc(=O)oc3)CC[C@]12O. The van der Waals surface area contributed by atoms with Gasteiger partial charge in [-0.3, -0.25) is 4.79 Å². The van der Waals surface area contributed by atoms with Gasteiger partial charge in [0.05, 0.1) is 24.0 Å². The second-order valence-electron chi connectivity index (χ2n) is 14.0. The molecule has 5 aliphatic rings. The van der Waals surface area contributed by atoms with E-state index < -0.39 is 11.2 Å². The van der Waals surface area contributed by atoms with Crippen LogP contribution in [-0.4, -0.2) is 77.0 Å². The Morgan fingerprint density at radius 1 is 1.05 bits per heavy atom. The number of rotatable bonds is 5. The molecule has 0 bridgehead atoms. The van der Waals surface area contributed by atoms with Crippen molar-refractivity contribution in [3.63, 3.8) is 0 Å². The van der Waals surface area contributed by atoms with Gasteiger partial charge in [-0.05, 0) is 92.6 Å². The van der Waals surface area contributed by atoms with Crippen molar-refractivity contribution in [2.24, 2.45) is 22.7 Å². The van der Waals surface area contributed by atoms with Gasteiger partial charge in [-0.1, -0.05) is 13.8 Å². The molecule has 10 heteroatoms. The van der Waals surface area contributed by atoms with Gasteiger partial charge >= 0.3 is 11.7 Å². The number of carbonyl (C=O) groups excluding carboxylic acids is 2. The van der Waals surface area contributed by atoms with Gasteiger partial charge in [-0.2, -0.15) is 0 Å². The molecule has 0 aromatic carbocycles. The molecule has 2 unspecified atom stereocenters. The fraction of sp³-hybridized carbons (Fsp3) is 0.774. The van der Waals surface area contributed by atoms with Crippen molar-refractivity contribution in [2.75, 3.05) is 32.7 Å². The number of nitrogens with one attached hydrogen (secondary N) is 3. The minimum Gasteiger partial charge on any atom is -0.431 e. The minimum atomic E-state index is -0.900. The molecule has 41 heavy (non-hydrogen) atoms. The molecule has 0 spiro atoms. The van der Waals surface area contributed by atoms with Crippen LogP contribution in [0, 0.1) is 22.7 Å². The molecular weight excluding hydrogens is 524 g/mol. The highest BCUT2D eigenvalue weighted by Gasteiger charge is 2.70. The van der Waals surface area contributed by atoms with Gasteiger partial charge in [0.2, 0.25) is 5.91 Å². The molecule has 3 amide bonds. The normalized spacial score (nSPS) is 42.1. The summed E-state index contributed by atoms with van der Waals surface area (Å²) in [5, 5.41) is 33.6. The summed E-state index contributed by atoms with van der Waals surface area (Å²) in [7, 11) is 0. The van der Waals surface area contributed by atoms with E-state index in [0.29, 0.717) is 45.4 Å². The van der Waals surface area contributed by atoms with E-state index in [4.69, 9.17) is 4.42 Å². The Labute approximate surface area is 241 Å². The van der Waals surface area contributed by atoms with Crippen molar-refractivity contribution in [1.29, 1.82) is 0 Å². The van der Waals surface area contributed by atoms with E-state index in [1.807, 2.05) is 6.07 Å². The summed E-state index contributed by atoms with van der Waals surface area (Å²) >= 11 is 0. The Balaban J connectivity index is 1.10. The molecule has 6 rings (SSSR count). The van der Waals surface area contributed by atoms with Crippen molar-refractivity contribution in [1.82, 2.24) is 20.9 Å². The summed E-state index contributed by atoms with van der Waals surface area (Å²) in [4.78, 5) is 38.0. The van der Waals surface area contributed by atoms with Gasteiger partial charge in [0.15, 0.2) is 0 Å². The number of hydrogen-bond donors (Lipinski definition) is 5. The van der Waals surface area contributed by atoms with Crippen molar-refractivity contribution >= 4 is 11.9 Å². The summed E-state index contributed by atoms with van der Waals surface area (Å²) in [6, 6.07) is 2.96. The summed E-state index contributed by atoms with van der Waals surface area (Å²) in [5.74, 6) is 0.498. The Bertz CT molecular complexity index is 1220. The largest absolute Gasteiger partial charge is 0.431 e. The quantitative estimate of drug-likeness (QED) is 0.365. The number of piperazine rings is 1. The molecule has 1 aromatic rings. The monoisotopic (exact) mass is 570 g/mol. The number of aliphatic hydroxyl groups is 2. The maximum Gasteiger partial charge on any atom is 0.335 e. The number of fused-ring (bicyclic) bond motifs is 5. The van der Waals surface area contributed by atoms with Crippen LogP contribution in [0.5, 0.6) is 0 Å². The second kappa shape index (κ2) is 10.4. The predicted molar refractivity (Wildman–Crippen MR) is 152 cm³/mol. The minimum absolute atomic E-state index is 0.0528. The molecule has 8 atom stereocenters. The molecule has 10 nitrogen and oxygen atoms in total. The lowest BCUT2D eigenvalue weighted by molar-refractivity contribution is -0.247. The summed E-state index contributed by atoms with van der Waals surface area (Å²) in [6.45, 7) is 7.08. The van der Waals surface area contributed by atoms with Crippen molar-refractivity contribution in [3.05, 3.63) is 34.4 Å². The predicted octanol–water partition coefficient (Wildman–Crippen LogP) is 2.10. The third-order valence-electron chi connectivity index (χ3n) is 12.3. The first-order chi connectivity index (χ1) is 19.5. The number of hydrogen-bond acceptors (Lipinski definition) is 7. The van der Waals surface area contributed by atoms with Crippen molar-refractivity contribution < 1.29 is 24.2 Å². The van der Waals surface area contributed by atoms with Crippen LogP contribution in [0.4, 0.5) is 4.79 Å². The highest BCUT2D eigenvalue weighted by molar-refractivity contribution is 5.79. The second-order valence-corrected chi connectivity index (χ2v) is 14.0. The van der Waals surface area contributed by atoms with E-state index in [0.717, 1.165) is 50.6 Å². The number of amides is 3. The summed E-state index contributed by atoms with van der Waals surface area (Å²) < 4.78 is 5.20. The Hall–Kier alpha value is -2.43. The zero-order valence-electron chi connectivity index (χ0n) is 24.4. The fourth-order valence-corrected chi connectivity index (χ4v) is 9.87. The van der Waals surface area contributed by atoms with Gasteiger partial charge in [0.25, 0.3) is 0 Å². The molecule has 2 heterocycles. The van der Waals surface area contributed by atoms with Crippen LogP contribution in [0.3, 0.4) is 0 Å². The Morgan fingerprint density at radius 2 is 1.83 bits per heavy atom. The third-order valence-corrected chi connectivity index (χ3v) is 12.3. The smallest absolute Gasteiger partial charge is 0.335 e. The highest BCUT2D eigenvalue weighted by atomic mass is 16.4. The lowest BCUT2D eigenvalue weighted by atomic mass is 9.42. The van der Waals surface area contributed by atoms with E-state index in [-0.39, 0.29) is 52.2 Å². The van der Waals surface area contributed by atoms with Crippen LogP contribution in [0.15, 0.2) is 27.6 Å². The summed E-state index contributed by atoms with van der Waals surface area (Å²) in [5.41, 5.74) is -1.74. The molecule has 1 aromatic heterocycles.